The molecule has 1 saturated heterocycles. The van der Waals surface area contributed by atoms with Crippen molar-refractivity contribution in [3.8, 4) is 5.75 Å². The molecule has 0 spiro atoms. The van der Waals surface area contributed by atoms with Crippen molar-refractivity contribution in [3.05, 3.63) is 54.1 Å². The first-order chi connectivity index (χ1) is 13.7. The molecule has 7 nitrogen and oxygen atoms in total. The lowest BCUT2D eigenvalue weighted by Crippen LogP contribution is -2.36. The van der Waals surface area contributed by atoms with Gasteiger partial charge in [0.15, 0.2) is 0 Å². The van der Waals surface area contributed by atoms with Gasteiger partial charge < -0.3 is 25.0 Å². The van der Waals surface area contributed by atoms with E-state index in [1.54, 1.807) is 31.4 Å². The van der Waals surface area contributed by atoms with Crippen LogP contribution in [0.1, 0.15) is 5.56 Å². The molecule has 28 heavy (non-hydrogen) atoms. The summed E-state index contributed by atoms with van der Waals surface area (Å²) in [6.45, 7) is 3.71. The molecule has 2 N–H and O–H groups in total. The van der Waals surface area contributed by atoms with Crippen molar-refractivity contribution in [1.82, 2.24) is 5.32 Å². The van der Waals surface area contributed by atoms with Crippen LogP contribution in [0.15, 0.2) is 48.5 Å². The van der Waals surface area contributed by atoms with E-state index in [1.165, 1.54) is 5.69 Å². The van der Waals surface area contributed by atoms with Gasteiger partial charge in [0.25, 0.3) is 0 Å². The SMILES string of the molecule is COc1ccc(NC(=O)C(=O)NCCc2ccc(N3CCOCC3)cc2)cc1. The topological polar surface area (TPSA) is 79.9 Å². The van der Waals surface area contributed by atoms with E-state index in [-0.39, 0.29) is 0 Å². The fourth-order valence-corrected chi connectivity index (χ4v) is 2.96. The summed E-state index contributed by atoms with van der Waals surface area (Å²) in [5.41, 5.74) is 2.82. The molecule has 0 atom stereocenters. The first-order valence-corrected chi connectivity index (χ1v) is 9.30. The number of benzene rings is 2. The molecule has 1 aliphatic rings. The Bertz CT molecular complexity index is 784. The van der Waals surface area contributed by atoms with Crippen molar-refractivity contribution in [3.63, 3.8) is 0 Å². The van der Waals surface area contributed by atoms with E-state index in [4.69, 9.17) is 9.47 Å². The molecule has 2 amide bonds. The molecule has 2 aromatic carbocycles. The molecule has 0 saturated carbocycles. The molecule has 0 bridgehead atoms. The van der Waals surface area contributed by atoms with Crippen LogP contribution in [0, 0.1) is 0 Å². The van der Waals surface area contributed by atoms with Gasteiger partial charge in [-0.15, -0.1) is 0 Å². The number of amides is 2. The number of ether oxygens (including phenoxy) is 2. The fourth-order valence-electron chi connectivity index (χ4n) is 2.96. The zero-order valence-electron chi connectivity index (χ0n) is 15.9. The average Bonchev–Trinajstić information content (AvgIpc) is 2.75. The van der Waals surface area contributed by atoms with Gasteiger partial charge in [-0.3, -0.25) is 9.59 Å². The molecule has 1 heterocycles. The number of methoxy groups -OCH3 is 1. The van der Waals surface area contributed by atoms with Gasteiger partial charge >= 0.3 is 11.8 Å². The Labute approximate surface area is 164 Å². The van der Waals surface area contributed by atoms with Crippen LogP contribution in [0.5, 0.6) is 5.75 Å². The van der Waals surface area contributed by atoms with Crippen molar-refractivity contribution in [2.24, 2.45) is 0 Å². The van der Waals surface area contributed by atoms with E-state index in [2.05, 4.69) is 27.7 Å². The highest BCUT2D eigenvalue weighted by molar-refractivity contribution is 6.39. The summed E-state index contributed by atoms with van der Waals surface area (Å²) >= 11 is 0. The lowest BCUT2D eigenvalue weighted by molar-refractivity contribution is -0.136. The van der Waals surface area contributed by atoms with E-state index < -0.39 is 11.8 Å². The third-order valence-corrected chi connectivity index (χ3v) is 4.57. The molecule has 0 aromatic heterocycles. The van der Waals surface area contributed by atoms with Gasteiger partial charge in [0, 0.05) is 31.0 Å². The lowest BCUT2D eigenvalue weighted by atomic mass is 10.1. The lowest BCUT2D eigenvalue weighted by Gasteiger charge is -2.28. The normalized spacial score (nSPS) is 13.7. The van der Waals surface area contributed by atoms with E-state index in [0.29, 0.717) is 24.4 Å². The highest BCUT2D eigenvalue weighted by atomic mass is 16.5. The Balaban J connectivity index is 1.42. The van der Waals surface area contributed by atoms with Gasteiger partial charge in [-0.25, -0.2) is 0 Å². The predicted molar refractivity (Wildman–Crippen MR) is 108 cm³/mol. The zero-order valence-corrected chi connectivity index (χ0v) is 15.9. The summed E-state index contributed by atoms with van der Waals surface area (Å²) in [5, 5.41) is 5.21. The minimum atomic E-state index is -0.687. The first-order valence-electron chi connectivity index (χ1n) is 9.30. The first kappa shape index (κ1) is 19.7. The molecule has 1 aliphatic heterocycles. The van der Waals surface area contributed by atoms with E-state index in [1.807, 2.05) is 12.1 Å². The van der Waals surface area contributed by atoms with Gasteiger partial charge in [0.05, 0.1) is 20.3 Å². The van der Waals surface area contributed by atoms with Crippen LogP contribution < -0.4 is 20.3 Å². The van der Waals surface area contributed by atoms with Gasteiger partial charge in [-0.2, -0.15) is 0 Å². The molecule has 148 valence electrons. The van der Waals surface area contributed by atoms with Crippen molar-refractivity contribution in [1.29, 1.82) is 0 Å². The number of hydrogen-bond acceptors (Lipinski definition) is 5. The number of nitrogens with zero attached hydrogens (tertiary/aromatic N) is 1. The minimum Gasteiger partial charge on any atom is -0.497 e. The Kier molecular flexibility index (Phi) is 6.86. The number of anilines is 2. The number of carbonyl (C=O) groups is 2. The van der Waals surface area contributed by atoms with Crippen molar-refractivity contribution < 1.29 is 19.1 Å². The number of hydrogen-bond donors (Lipinski definition) is 2. The summed E-state index contributed by atoms with van der Waals surface area (Å²) in [5.74, 6) is -0.657. The molecular formula is C21H25N3O4. The van der Waals surface area contributed by atoms with Gasteiger partial charge in [-0.05, 0) is 48.4 Å². The third kappa shape index (κ3) is 5.47. The number of morpholine rings is 1. The molecule has 3 rings (SSSR count). The summed E-state index contributed by atoms with van der Waals surface area (Å²) in [7, 11) is 1.57. The van der Waals surface area contributed by atoms with Crippen molar-refractivity contribution in [2.45, 2.75) is 6.42 Å². The standard InChI is InChI=1S/C21H25N3O4/c1-27-19-8-4-17(5-9-19)23-21(26)20(25)22-11-10-16-2-6-18(7-3-16)24-12-14-28-15-13-24/h2-9H,10-15H2,1H3,(H,22,25)(H,23,26). The summed E-state index contributed by atoms with van der Waals surface area (Å²) in [4.78, 5) is 26.2. The van der Waals surface area contributed by atoms with Crippen LogP contribution in [-0.4, -0.2) is 51.8 Å². The molecule has 0 unspecified atom stereocenters. The molecular weight excluding hydrogens is 358 g/mol. The minimum absolute atomic E-state index is 0.395. The molecule has 1 fully saturated rings. The number of rotatable bonds is 6. The second-order valence-electron chi connectivity index (χ2n) is 6.45. The van der Waals surface area contributed by atoms with E-state index >= 15 is 0 Å². The Hall–Kier alpha value is -3.06. The maximum atomic E-state index is 12.0. The van der Waals surface area contributed by atoms with Crippen LogP contribution in [0.2, 0.25) is 0 Å². The summed E-state index contributed by atoms with van der Waals surface area (Å²) in [6, 6.07) is 15.1. The maximum Gasteiger partial charge on any atom is 0.313 e. The largest absolute Gasteiger partial charge is 0.497 e. The van der Waals surface area contributed by atoms with Crippen LogP contribution in [0.25, 0.3) is 0 Å². The highest BCUT2D eigenvalue weighted by Crippen LogP contribution is 2.17. The van der Waals surface area contributed by atoms with Gasteiger partial charge in [0.1, 0.15) is 5.75 Å². The van der Waals surface area contributed by atoms with Crippen LogP contribution >= 0.6 is 0 Å². The Morgan fingerprint density at radius 3 is 2.32 bits per heavy atom. The van der Waals surface area contributed by atoms with Gasteiger partial charge in [0.2, 0.25) is 0 Å². The van der Waals surface area contributed by atoms with Gasteiger partial charge in [-0.1, -0.05) is 12.1 Å². The summed E-state index contributed by atoms with van der Waals surface area (Å²) in [6.07, 6.45) is 0.658. The van der Waals surface area contributed by atoms with E-state index in [0.717, 1.165) is 31.9 Å². The smallest absolute Gasteiger partial charge is 0.313 e. The van der Waals surface area contributed by atoms with Crippen molar-refractivity contribution >= 4 is 23.2 Å². The highest BCUT2D eigenvalue weighted by Gasteiger charge is 2.13. The Morgan fingerprint density at radius 2 is 1.68 bits per heavy atom. The average molecular weight is 383 g/mol. The molecule has 2 aromatic rings. The third-order valence-electron chi connectivity index (χ3n) is 4.57. The second-order valence-corrected chi connectivity index (χ2v) is 6.45. The number of carbonyl (C=O) groups excluding carboxylic acids is 2. The Morgan fingerprint density at radius 1 is 1.00 bits per heavy atom. The van der Waals surface area contributed by atoms with Crippen LogP contribution in [0.3, 0.4) is 0 Å². The van der Waals surface area contributed by atoms with Crippen LogP contribution in [-0.2, 0) is 20.7 Å². The quantitative estimate of drug-likeness (QED) is 0.744. The van der Waals surface area contributed by atoms with E-state index in [9.17, 15) is 9.59 Å². The fraction of sp³-hybridized carbons (Fsp3) is 0.333. The maximum absolute atomic E-state index is 12.0. The molecule has 0 aliphatic carbocycles. The summed E-state index contributed by atoms with van der Waals surface area (Å²) < 4.78 is 10.4. The van der Waals surface area contributed by atoms with Crippen LogP contribution in [0.4, 0.5) is 11.4 Å². The second kappa shape index (κ2) is 9.75. The predicted octanol–water partition coefficient (Wildman–Crippen LogP) is 1.83. The monoisotopic (exact) mass is 383 g/mol. The molecule has 7 heteroatoms. The number of nitrogens with one attached hydrogen (secondary N) is 2. The zero-order chi connectivity index (χ0) is 19.8. The van der Waals surface area contributed by atoms with Crippen molar-refractivity contribution in [2.75, 3.05) is 50.2 Å². The molecule has 0 radical (unpaired) electrons.